The van der Waals surface area contributed by atoms with Gasteiger partial charge in [0.25, 0.3) is 0 Å². The van der Waals surface area contributed by atoms with Crippen LogP contribution in [-0.4, -0.2) is 42.4 Å². The van der Waals surface area contributed by atoms with Gasteiger partial charge in [-0.15, -0.1) is 0 Å². The number of fused-ring (bicyclic) bond motifs is 2. The number of amides is 1. The number of anilines is 1. The zero-order valence-electron chi connectivity index (χ0n) is 21.3. The van der Waals surface area contributed by atoms with Gasteiger partial charge in [-0.25, -0.2) is 4.79 Å². The molecule has 0 saturated heterocycles. The first kappa shape index (κ1) is 27.0. The molecular formula is C30H27NO8S. The molecule has 0 spiro atoms. The van der Waals surface area contributed by atoms with E-state index in [1.807, 2.05) is 36.4 Å². The number of ether oxygens (including phenoxy) is 5. The summed E-state index contributed by atoms with van der Waals surface area (Å²) in [7, 11) is 0. The van der Waals surface area contributed by atoms with Crippen LogP contribution in [0.25, 0.3) is 10.8 Å². The number of rotatable bonds is 10. The first-order valence-electron chi connectivity index (χ1n) is 12.6. The van der Waals surface area contributed by atoms with E-state index in [4.69, 9.17) is 23.7 Å². The molecule has 1 heterocycles. The number of hydrogen-bond acceptors (Lipinski definition) is 9. The third-order valence-electron chi connectivity index (χ3n) is 6.26. The van der Waals surface area contributed by atoms with Crippen molar-refractivity contribution in [2.45, 2.75) is 18.6 Å². The summed E-state index contributed by atoms with van der Waals surface area (Å²) in [5.74, 6) is 1.18. The highest BCUT2D eigenvalue weighted by molar-refractivity contribution is 7.81. The second kappa shape index (κ2) is 12.5. The minimum absolute atomic E-state index is 0.0105. The van der Waals surface area contributed by atoms with Gasteiger partial charge in [0.1, 0.15) is 17.6 Å². The highest BCUT2D eigenvalue weighted by Gasteiger charge is 2.31. The highest BCUT2D eigenvalue weighted by Crippen LogP contribution is 2.37. The topological polar surface area (TPSA) is 113 Å². The van der Waals surface area contributed by atoms with E-state index in [9.17, 15) is 14.7 Å². The Balaban J connectivity index is 1.49. The Morgan fingerprint density at radius 3 is 2.48 bits per heavy atom. The zero-order chi connectivity index (χ0) is 27.9. The van der Waals surface area contributed by atoms with Crippen LogP contribution in [0.3, 0.4) is 0 Å². The van der Waals surface area contributed by atoms with Crippen molar-refractivity contribution in [1.82, 2.24) is 0 Å². The van der Waals surface area contributed by atoms with E-state index in [1.165, 1.54) is 0 Å². The summed E-state index contributed by atoms with van der Waals surface area (Å²) >= 11 is 3.96. The number of thiol groups is 1. The Morgan fingerprint density at radius 1 is 0.925 bits per heavy atom. The number of carbonyl (C=O) groups excluding carboxylic acids is 2. The summed E-state index contributed by atoms with van der Waals surface area (Å²) in [5.41, 5.74) is 1.06. The molecule has 9 nitrogen and oxygen atoms in total. The molecule has 5 rings (SSSR count). The Kier molecular flexibility index (Phi) is 8.46. The quantitative estimate of drug-likeness (QED) is 0.163. The number of aromatic hydroxyl groups is 1. The van der Waals surface area contributed by atoms with Crippen LogP contribution in [0.2, 0.25) is 0 Å². The molecule has 1 aliphatic rings. The number of hydrogen-bond donors (Lipinski definition) is 3. The number of phenols is 1. The molecule has 2 N–H and O–H groups in total. The maximum Gasteiger partial charge on any atom is 0.412 e. The number of carbonyl (C=O) groups is 2. The fraction of sp³-hybridized carbons (Fsp3) is 0.200. The van der Waals surface area contributed by atoms with E-state index >= 15 is 0 Å². The van der Waals surface area contributed by atoms with Crippen molar-refractivity contribution < 1.29 is 38.4 Å². The van der Waals surface area contributed by atoms with Crippen molar-refractivity contribution in [2.24, 2.45) is 0 Å². The van der Waals surface area contributed by atoms with Gasteiger partial charge in [-0.05, 0) is 35.7 Å². The van der Waals surface area contributed by atoms with E-state index in [2.05, 4.69) is 17.9 Å². The van der Waals surface area contributed by atoms with E-state index in [1.54, 1.807) is 48.5 Å². The first-order chi connectivity index (χ1) is 19.5. The zero-order valence-corrected chi connectivity index (χ0v) is 22.2. The van der Waals surface area contributed by atoms with Crippen LogP contribution in [0.1, 0.15) is 18.1 Å². The van der Waals surface area contributed by atoms with Crippen molar-refractivity contribution >= 4 is 41.2 Å². The average Bonchev–Trinajstić information content (AvgIpc) is 3.44. The van der Waals surface area contributed by atoms with Gasteiger partial charge in [0.05, 0.1) is 12.4 Å². The van der Waals surface area contributed by atoms with E-state index < -0.39 is 24.3 Å². The maximum atomic E-state index is 13.3. The van der Waals surface area contributed by atoms with Crippen LogP contribution in [0.15, 0.2) is 84.9 Å². The van der Waals surface area contributed by atoms with Crippen LogP contribution in [0.5, 0.6) is 23.0 Å². The Bertz CT molecular complexity index is 1500. The molecule has 0 fully saturated rings. The molecular weight excluding hydrogens is 534 g/mol. The van der Waals surface area contributed by atoms with Crippen molar-refractivity contribution in [3.8, 4) is 23.0 Å². The van der Waals surface area contributed by atoms with Gasteiger partial charge in [0.15, 0.2) is 17.6 Å². The summed E-state index contributed by atoms with van der Waals surface area (Å²) < 4.78 is 28.4. The van der Waals surface area contributed by atoms with Crippen LogP contribution < -0.4 is 19.5 Å². The van der Waals surface area contributed by atoms with E-state index in [0.717, 1.165) is 0 Å². The van der Waals surface area contributed by atoms with Gasteiger partial charge in [0.2, 0.25) is 6.79 Å². The summed E-state index contributed by atoms with van der Waals surface area (Å²) in [4.78, 5) is 25.1. The van der Waals surface area contributed by atoms with Gasteiger partial charge < -0.3 is 28.8 Å². The standard InChI is InChI=1S/C30H27NO8S/c32-24-12-11-23(21-8-4-5-9-22(21)24)29(39-30(34)31-19-10-13-25-27(16-19)37-18-36-25)26(14-15-35-28(33)17-40)38-20-6-2-1-3-7-20/h1-13,16,26,29,32,40H,14-15,17-18H2,(H,31,34)/t26-,29-/m0/s1. The van der Waals surface area contributed by atoms with Crippen molar-refractivity contribution in [2.75, 3.05) is 24.5 Å². The van der Waals surface area contributed by atoms with Crippen LogP contribution in [0.4, 0.5) is 10.5 Å². The lowest BCUT2D eigenvalue weighted by Gasteiger charge is -2.29. The van der Waals surface area contributed by atoms with E-state index in [0.29, 0.717) is 39.3 Å². The fourth-order valence-corrected chi connectivity index (χ4v) is 4.50. The monoisotopic (exact) mass is 561 g/mol. The Hall–Kier alpha value is -4.57. The summed E-state index contributed by atoms with van der Waals surface area (Å²) in [5, 5.41) is 14.5. The molecule has 206 valence electrons. The first-order valence-corrected chi connectivity index (χ1v) is 13.2. The lowest BCUT2D eigenvalue weighted by Crippen LogP contribution is -2.32. The number of para-hydroxylation sites is 1. The lowest BCUT2D eigenvalue weighted by molar-refractivity contribution is -0.141. The molecule has 0 aliphatic carbocycles. The minimum atomic E-state index is -0.963. The Morgan fingerprint density at radius 2 is 1.68 bits per heavy atom. The molecule has 0 aromatic heterocycles. The molecule has 0 bridgehead atoms. The van der Waals surface area contributed by atoms with Gasteiger partial charge >= 0.3 is 12.1 Å². The molecule has 1 aliphatic heterocycles. The highest BCUT2D eigenvalue weighted by atomic mass is 32.1. The predicted molar refractivity (Wildman–Crippen MR) is 151 cm³/mol. The van der Waals surface area contributed by atoms with Crippen LogP contribution in [-0.2, 0) is 14.3 Å². The summed E-state index contributed by atoms with van der Waals surface area (Å²) in [6.45, 7) is 0.117. The minimum Gasteiger partial charge on any atom is -0.507 e. The second-order valence-electron chi connectivity index (χ2n) is 8.88. The van der Waals surface area contributed by atoms with Crippen LogP contribution >= 0.6 is 12.6 Å². The molecule has 4 aromatic rings. The van der Waals surface area contributed by atoms with E-state index in [-0.39, 0.29) is 31.3 Å². The molecule has 4 aromatic carbocycles. The van der Waals surface area contributed by atoms with Crippen LogP contribution in [0, 0.1) is 0 Å². The van der Waals surface area contributed by atoms with Gasteiger partial charge in [-0.3, -0.25) is 10.1 Å². The molecule has 1 amide bonds. The SMILES string of the molecule is O=C(CS)OCC[C@H](Oc1ccccc1)[C@@H](OC(=O)Nc1ccc2c(c1)OCO2)c1ccc(O)c2ccccc12. The lowest BCUT2D eigenvalue weighted by atomic mass is 9.95. The summed E-state index contributed by atoms with van der Waals surface area (Å²) in [6, 6.07) is 24.6. The third-order valence-corrected chi connectivity index (χ3v) is 6.52. The Labute approximate surface area is 236 Å². The average molecular weight is 562 g/mol. The fourth-order valence-electron chi connectivity index (χ4n) is 4.41. The molecule has 0 saturated carbocycles. The number of nitrogens with one attached hydrogen (secondary N) is 1. The van der Waals surface area contributed by atoms with Crippen molar-refractivity contribution in [3.05, 3.63) is 90.5 Å². The number of benzene rings is 4. The molecule has 40 heavy (non-hydrogen) atoms. The third kappa shape index (κ3) is 6.35. The van der Waals surface area contributed by atoms with Gasteiger partial charge in [0, 0.05) is 29.1 Å². The summed E-state index contributed by atoms with van der Waals surface area (Å²) in [6.07, 6.45) is -2.28. The van der Waals surface area contributed by atoms with Gasteiger partial charge in [-0.2, -0.15) is 12.6 Å². The number of phenolic OH excluding ortho intramolecular Hbond substituents is 1. The second-order valence-corrected chi connectivity index (χ2v) is 9.19. The maximum absolute atomic E-state index is 13.3. The van der Waals surface area contributed by atoms with Crippen molar-refractivity contribution in [3.63, 3.8) is 0 Å². The largest absolute Gasteiger partial charge is 0.507 e. The van der Waals surface area contributed by atoms with Gasteiger partial charge in [-0.1, -0.05) is 48.5 Å². The molecule has 2 atom stereocenters. The molecule has 10 heteroatoms. The predicted octanol–water partition coefficient (Wildman–Crippen LogP) is 5.87. The molecule has 0 radical (unpaired) electrons. The molecule has 0 unspecified atom stereocenters. The normalized spacial score (nSPS) is 13.3. The van der Waals surface area contributed by atoms with Crippen molar-refractivity contribution in [1.29, 1.82) is 0 Å². The number of esters is 1. The smallest absolute Gasteiger partial charge is 0.412 e.